The second-order valence-corrected chi connectivity index (χ2v) is 6.30. The molecule has 4 nitrogen and oxygen atoms in total. The lowest BCUT2D eigenvalue weighted by Gasteiger charge is -2.46. The van der Waals surface area contributed by atoms with Gasteiger partial charge in [-0.3, -0.25) is 0 Å². The minimum Gasteiger partial charge on any atom is -0.377 e. The number of hydrogen-bond donors (Lipinski definition) is 0. The van der Waals surface area contributed by atoms with Gasteiger partial charge >= 0.3 is 0 Å². The van der Waals surface area contributed by atoms with E-state index in [-0.39, 0.29) is 6.10 Å². The summed E-state index contributed by atoms with van der Waals surface area (Å²) in [4.78, 5) is 11.2. The molecule has 0 N–H and O–H groups in total. The van der Waals surface area contributed by atoms with Crippen molar-refractivity contribution in [3.05, 3.63) is 29.2 Å². The second-order valence-electron chi connectivity index (χ2n) is 5.91. The van der Waals surface area contributed by atoms with Gasteiger partial charge in [0.05, 0.1) is 12.1 Å². The molecule has 5 heteroatoms. The number of aromatic nitrogens is 2. The molecular formula is C16H20ClN3O. The van der Waals surface area contributed by atoms with Gasteiger partial charge in [0.2, 0.25) is 0 Å². The molecule has 1 saturated heterocycles. The lowest BCUT2D eigenvalue weighted by atomic mass is 9.96. The smallest absolute Gasteiger partial charge is 0.138 e. The van der Waals surface area contributed by atoms with Crippen LogP contribution in [0.1, 0.15) is 32.3 Å². The van der Waals surface area contributed by atoms with Gasteiger partial charge in [-0.1, -0.05) is 25.4 Å². The Balaban J connectivity index is 2.11. The first kappa shape index (κ1) is 14.5. The van der Waals surface area contributed by atoms with Crippen LogP contribution in [0.15, 0.2) is 18.5 Å². The van der Waals surface area contributed by atoms with Gasteiger partial charge in [-0.15, -0.1) is 0 Å². The molecule has 112 valence electrons. The Morgan fingerprint density at radius 1 is 1.29 bits per heavy atom. The van der Waals surface area contributed by atoms with E-state index in [1.807, 2.05) is 18.5 Å². The van der Waals surface area contributed by atoms with E-state index in [0.717, 1.165) is 23.1 Å². The lowest BCUT2D eigenvalue weighted by Crippen LogP contribution is -2.59. The maximum atomic E-state index is 6.08. The van der Waals surface area contributed by atoms with E-state index in [0.29, 0.717) is 17.1 Å². The average molecular weight is 306 g/mol. The van der Waals surface area contributed by atoms with Crippen LogP contribution in [-0.4, -0.2) is 35.8 Å². The van der Waals surface area contributed by atoms with E-state index < -0.39 is 0 Å². The Labute approximate surface area is 130 Å². The molecule has 0 spiro atoms. The molecule has 0 aromatic carbocycles. The fourth-order valence-corrected chi connectivity index (χ4v) is 3.09. The van der Waals surface area contributed by atoms with Crippen molar-refractivity contribution in [2.75, 3.05) is 18.6 Å². The molecule has 1 fully saturated rings. The molecule has 1 aliphatic rings. The Kier molecular flexibility index (Phi) is 3.76. The predicted octanol–water partition coefficient (Wildman–Crippen LogP) is 3.63. The minimum absolute atomic E-state index is 0.270. The van der Waals surface area contributed by atoms with Gasteiger partial charge in [0.1, 0.15) is 11.0 Å². The number of pyridine rings is 2. The number of halogens is 1. The molecule has 2 atom stereocenters. The van der Waals surface area contributed by atoms with Crippen LogP contribution in [0, 0.1) is 0 Å². The third-order valence-electron chi connectivity index (χ3n) is 4.35. The highest BCUT2D eigenvalue weighted by atomic mass is 35.5. The van der Waals surface area contributed by atoms with Gasteiger partial charge in [-0.25, -0.2) is 9.97 Å². The highest BCUT2D eigenvalue weighted by Gasteiger charge is 2.37. The van der Waals surface area contributed by atoms with Crippen LogP contribution in [0.2, 0.25) is 5.15 Å². The van der Waals surface area contributed by atoms with Crippen molar-refractivity contribution in [3.8, 4) is 0 Å². The van der Waals surface area contributed by atoms with Gasteiger partial charge in [0.25, 0.3) is 0 Å². The van der Waals surface area contributed by atoms with E-state index >= 15 is 0 Å². The summed E-state index contributed by atoms with van der Waals surface area (Å²) in [7, 11) is 1.76. The van der Waals surface area contributed by atoms with Gasteiger partial charge in [0, 0.05) is 31.4 Å². The Hall–Kier alpha value is -1.39. The SMILES string of the molecule is CO[C@H]1CN(c2ncc(C(C)C)c3cc(Cl)ncc23)[C@@H]1C. The fraction of sp³-hybridized carbons (Fsp3) is 0.500. The first-order valence-corrected chi connectivity index (χ1v) is 7.64. The van der Waals surface area contributed by atoms with Crippen LogP contribution in [0.5, 0.6) is 0 Å². The number of rotatable bonds is 3. The zero-order valence-corrected chi connectivity index (χ0v) is 13.6. The molecule has 0 radical (unpaired) electrons. The quantitative estimate of drug-likeness (QED) is 0.812. The maximum Gasteiger partial charge on any atom is 0.138 e. The van der Waals surface area contributed by atoms with Crippen molar-refractivity contribution in [2.24, 2.45) is 0 Å². The van der Waals surface area contributed by atoms with Gasteiger partial charge in [-0.05, 0) is 29.9 Å². The summed E-state index contributed by atoms with van der Waals surface area (Å²) in [5.41, 5.74) is 1.20. The molecule has 21 heavy (non-hydrogen) atoms. The Morgan fingerprint density at radius 3 is 2.67 bits per heavy atom. The van der Waals surface area contributed by atoms with Crippen LogP contribution in [0.25, 0.3) is 10.8 Å². The number of methoxy groups -OCH3 is 1. The topological polar surface area (TPSA) is 38.2 Å². The Morgan fingerprint density at radius 2 is 2.05 bits per heavy atom. The van der Waals surface area contributed by atoms with Crippen molar-refractivity contribution in [1.82, 2.24) is 9.97 Å². The molecule has 0 amide bonds. The monoisotopic (exact) mass is 305 g/mol. The molecule has 0 aliphatic carbocycles. The summed E-state index contributed by atoms with van der Waals surface area (Å²) in [6.07, 6.45) is 4.07. The predicted molar refractivity (Wildman–Crippen MR) is 86.2 cm³/mol. The second kappa shape index (κ2) is 5.43. The van der Waals surface area contributed by atoms with E-state index in [2.05, 4.69) is 35.6 Å². The van der Waals surface area contributed by atoms with E-state index in [9.17, 15) is 0 Å². The van der Waals surface area contributed by atoms with Gasteiger partial charge < -0.3 is 9.64 Å². The summed E-state index contributed by atoms with van der Waals surface area (Å²) in [6.45, 7) is 7.35. The molecule has 0 bridgehead atoms. The first-order chi connectivity index (χ1) is 10.0. The van der Waals surface area contributed by atoms with Crippen molar-refractivity contribution < 1.29 is 4.74 Å². The third-order valence-corrected chi connectivity index (χ3v) is 4.56. The normalized spacial score (nSPS) is 21.9. The van der Waals surface area contributed by atoms with Gasteiger partial charge in [0.15, 0.2) is 0 Å². The third kappa shape index (κ3) is 2.36. The molecule has 0 saturated carbocycles. The fourth-order valence-electron chi connectivity index (χ4n) is 2.93. The number of nitrogens with zero attached hydrogens (tertiary/aromatic N) is 3. The summed E-state index contributed by atoms with van der Waals surface area (Å²) in [5.74, 6) is 1.37. The van der Waals surface area contributed by atoms with Crippen molar-refractivity contribution in [3.63, 3.8) is 0 Å². The van der Waals surface area contributed by atoms with Crippen LogP contribution < -0.4 is 4.90 Å². The Bertz CT molecular complexity index is 674. The highest BCUT2D eigenvalue weighted by molar-refractivity contribution is 6.30. The number of fused-ring (bicyclic) bond motifs is 1. The van der Waals surface area contributed by atoms with E-state index in [1.165, 1.54) is 5.56 Å². The molecule has 1 aliphatic heterocycles. The number of ether oxygens (including phenoxy) is 1. The largest absolute Gasteiger partial charge is 0.377 e. The molecular weight excluding hydrogens is 286 g/mol. The molecule has 2 aromatic rings. The van der Waals surface area contributed by atoms with Crippen LogP contribution in [0.4, 0.5) is 5.82 Å². The molecule has 3 heterocycles. The number of hydrogen-bond acceptors (Lipinski definition) is 4. The molecule has 0 unspecified atom stereocenters. The summed E-state index contributed by atoms with van der Waals surface area (Å²) in [6, 6.07) is 2.27. The summed E-state index contributed by atoms with van der Waals surface area (Å²) >= 11 is 6.08. The first-order valence-electron chi connectivity index (χ1n) is 7.26. The zero-order valence-electron chi connectivity index (χ0n) is 12.8. The standard InChI is InChI=1S/C16H20ClN3O/c1-9(2)12-6-19-16(20-8-14(21-4)10(20)3)13-7-18-15(17)5-11(12)13/h5-7,9-10,14H,8H2,1-4H3/t10-,14+/m1/s1. The highest BCUT2D eigenvalue weighted by Crippen LogP contribution is 2.35. The van der Waals surface area contributed by atoms with Gasteiger partial charge in [-0.2, -0.15) is 0 Å². The van der Waals surface area contributed by atoms with Crippen molar-refractivity contribution in [2.45, 2.75) is 38.8 Å². The van der Waals surface area contributed by atoms with Crippen molar-refractivity contribution in [1.29, 1.82) is 0 Å². The zero-order chi connectivity index (χ0) is 15.1. The van der Waals surface area contributed by atoms with Crippen molar-refractivity contribution >= 4 is 28.2 Å². The molecule has 3 rings (SSSR count). The van der Waals surface area contributed by atoms with Crippen LogP contribution in [0.3, 0.4) is 0 Å². The van der Waals surface area contributed by atoms with Crippen LogP contribution >= 0.6 is 11.6 Å². The van der Waals surface area contributed by atoms with E-state index in [1.54, 1.807) is 7.11 Å². The maximum absolute atomic E-state index is 6.08. The number of anilines is 1. The lowest BCUT2D eigenvalue weighted by molar-refractivity contribution is 0.0456. The van der Waals surface area contributed by atoms with E-state index in [4.69, 9.17) is 16.3 Å². The average Bonchev–Trinajstić information content (AvgIpc) is 2.45. The molecule has 2 aromatic heterocycles. The summed E-state index contributed by atoms with van der Waals surface area (Å²) < 4.78 is 5.44. The minimum atomic E-state index is 0.270. The summed E-state index contributed by atoms with van der Waals surface area (Å²) in [5, 5.41) is 2.73. The van der Waals surface area contributed by atoms with Crippen LogP contribution in [-0.2, 0) is 4.74 Å².